The topological polar surface area (TPSA) is 48.4 Å². The van der Waals surface area contributed by atoms with Crippen molar-refractivity contribution in [3.63, 3.8) is 0 Å². The lowest BCUT2D eigenvalue weighted by Crippen LogP contribution is -1.92. The first kappa shape index (κ1) is 17.6. The Morgan fingerprint density at radius 2 is 1.96 bits per heavy atom. The van der Waals surface area contributed by atoms with Gasteiger partial charge in [0.15, 0.2) is 5.75 Å². The predicted octanol–water partition coefficient (Wildman–Crippen LogP) is 6.26. The maximum atomic E-state index is 10.3. The summed E-state index contributed by atoms with van der Waals surface area (Å²) in [7, 11) is 0. The molecule has 0 aliphatic rings. The summed E-state index contributed by atoms with van der Waals surface area (Å²) in [6.45, 7) is 0.535. The van der Waals surface area contributed by atoms with E-state index in [1.54, 1.807) is 18.3 Å². The number of nitrogens with zero attached hydrogens (tertiary/aromatic N) is 1. The number of hydrogen-bond donors (Lipinski definition) is 2. The zero-order chi connectivity index (χ0) is 17.3. The van der Waals surface area contributed by atoms with Crippen LogP contribution in [0.2, 0.25) is 15.1 Å². The Bertz CT molecular complexity index is 937. The summed E-state index contributed by atoms with van der Waals surface area (Å²) < 4.78 is 0.729. The van der Waals surface area contributed by atoms with Gasteiger partial charge in [-0.15, -0.1) is 0 Å². The second kappa shape index (κ2) is 7.36. The lowest BCUT2D eigenvalue weighted by Gasteiger charge is -2.02. The normalized spacial score (nSPS) is 11.7. The highest BCUT2D eigenvalue weighted by molar-refractivity contribution is 9.10. The van der Waals surface area contributed by atoms with E-state index in [2.05, 4.69) is 25.9 Å². The third-order valence-corrected chi connectivity index (χ3v) is 5.47. The van der Waals surface area contributed by atoms with Crippen molar-refractivity contribution in [2.45, 2.75) is 6.42 Å². The van der Waals surface area contributed by atoms with Crippen LogP contribution in [0.5, 0.6) is 5.75 Å². The van der Waals surface area contributed by atoms with Crippen molar-refractivity contribution in [2.75, 3.05) is 6.54 Å². The van der Waals surface area contributed by atoms with Gasteiger partial charge in [-0.2, -0.15) is 0 Å². The number of aliphatic imine (C=N–C) groups is 1. The van der Waals surface area contributed by atoms with Gasteiger partial charge in [0.25, 0.3) is 0 Å². The maximum absolute atomic E-state index is 10.3. The minimum absolute atomic E-state index is 0.0876. The molecular weight excluding hydrogens is 434 g/mol. The van der Waals surface area contributed by atoms with Crippen molar-refractivity contribution in [2.24, 2.45) is 4.99 Å². The monoisotopic (exact) mass is 444 g/mol. The van der Waals surface area contributed by atoms with Crippen LogP contribution in [0.25, 0.3) is 10.9 Å². The fraction of sp³-hybridized carbons (Fsp3) is 0.118. The molecule has 0 saturated heterocycles. The van der Waals surface area contributed by atoms with Gasteiger partial charge in [0.05, 0.1) is 21.6 Å². The SMILES string of the molecule is Oc1c(C=NCCc2ccc(Cl)cc2Cl)[nH]c2ccc(Br)c(Cl)c12. The van der Waals surface area contributed by atoms with E-state index in [4.69, 9.17) is 34.8 Å². The van der Waals surface area contributed by atoms with Gasteiger partial charge in [-0.25, -0.2) is 0 Å². The molecule has 2 N–H and O–H groups in total. The van der Waals surface area contributed by atoms with Crippen LogP contribution in [0, 0.1) is 0 Å². The van der Waals surface area contributed by atoms with Crippen molar-refractivity contribution >= 4 is 67.9 Å². The molecule has 124 valence electrons. The maximum Gasteiger partial charge on any atom is 0.151 e. The van der Waals surface area contributed by atoms with Gasteiger partial charge >= 0.3 is 0 Å². The lowest BCUT2D eigenvalue weighted by atomic mass is 10.1. The minimum atomic E-state index is 0.0876. The first-order valence-electron chi connectivity index (χ1n) is 7.09. The van der Waals surface area contributed by atoms with Crippen LogP contribution in [0.1, 0.15) is 11.3 Å². The summed E-state index contributed by atoms with van der Waals surface area (Å²) in [5, 5.41) is 12.6. The Morgan fingerprint density at radius 1 is 1.17 bits per heavy atom. The first-order chi connectivity index (χ1) is 11.5. The van der Waals surface area contributed by atoms with E-state index in [9.17, 15) is 5.11 Å². The average Bonchev–Trinajstić information content (AvgIpc) is 2.86. The van der Waals surface area contributed by atoms with E-state index < -0.39 is 0 Å². The quantitative estimate of drug-likeness (QED) is 0.457. The molecule has 7 heteroatoms. The minimum Gasteiger partial charge on any atom is -0.505 e. The number of nitrogens with one attached hydrogen (secondary N) is 1. The van der Waals surface area contributed by atoms with Crippen LogP contribution in [-0.2, 0) is 6.42 Å². The number of aromatic hydroxyl groups is 1. The zero-order valence-electron chi connectivity index (χ0n) is 12.3. The Kier molecular flexibility index (Phi) is 5.40. The summed E-state index contributed by atoms with van der Waals surface area (Å²) in [6.07, 6.45) is 2.28. The van der Waals surface area contributed by atoms with E-state index in [1.165, 1.54) is 0 Å². The van der Waals surface area contributed by atoms with Gasteiger partial charge in [0, 0.05) is 27.3 Å². The highest BCUT2D eigenvalue weighted by atomic mass is 79.9. The molecule has 0 aliphatic carbocycles. The molecule has 1 heterocycles. The van der Waals surface area contributed by atoms with E-state index in [0.29, 0.717) is 39.1 Å². The van der Waals surface area contributed by atoms with Gasteiger partial charge in [0.1, 0.15) is 0 Å². The van der Waals surface area contributed by atoms with Crippen molar-refractivity contribution in [1.29, 1.82) is 0 Å². The third-order valence-electron chi connectivity index (χ3n) is 3.60. The van der Waals surface area contributed by atoms with Gasteiger partial charge < -0.3 is 10.1 Å². The summed E-state index contributed by atoms with van der Waals surface area (Å²) in [6, 6.07) is 9.07. The smallest absolute Gasteiger partial charge is 0.151 e. The van der Waals surface area contributed by atoms with Crippen molar-refractivity contribution in [3.8, 4) is 5.75 Å². The van der Waals surface area contributed by atoms with E-state index >= 15 is 0 Å². The molecule has 0 amide bonds. The highest BCUT2D eigenvalue weighted by Crippen LogP contribution is 2.38. The average molecular weight is 447 g/mol. The molecule has 0 atom stereocenters. The van der Waals surface area contributed by atoms with Crippen LogP contribution in [-0.4, -0.2) is 22.8 Å². The van der Waals surface area contributed by atoms with Gasteiger partial charge in [-0.3, -0.25) is 4.99 Å². The number of hydrogen-bond acceptors (Lipinski definition) is 2. The molecule has 0 fully saturated rings. The van der Waals surface area contributed by atoms with Gasteiger partial charge in [0.2, 0.25) is 0 Å². The summed E-state index contributed by atoms with van der Waals surface area (Å²) >= 11 is 21.6. The molecule has 24 heavy (non-hydrogen) atoms. The second-order valence-electron chi connectivity index (χ2n) is 5.19. The zero-order valence-corrected chi connectivity index (χ0v) is 16.1. The fourth-order valence-corrected chi connectivity index (χ4v) is 3.47. The van der Waals surface area contributed by atoms with E-state index in [-0.39, 0.29) is 5.75 Å². The van der Waals surface area contributed by atoms with Gasteiger partial charge in [-0.05, 0) is 52.2 Å². The molecule has 1 aromatic heterocycles. The van der Waals surface area contributed by atoms with Crippen LogP contribution in [0.4, 0.5) is 0 Å². The number of aromatic nitrogens is 1. The van der Waals surface area contributed by atoms with E-state index in [0.717, 1.165) is 15.6 Å². The highest BCUT2D eigenvalue weighted by Gasteiger charge is 2.13. The second-order valence-corrected chi connectivity index (χ2v) is 7.27. The Morgan fingerprint density at radius 3 is 2.71 bits per heavy atom. The Labute approximate surface area is 162 Å². The summed E-state index contributed by atoms with van der Waals surface area (Å²) in [5.41, 5.74) is 2.25. The lowest BCUT2D eigenvalue weighted by molar-refractivity contribution is 0.480. The summed E-state index contributed by atoms with van der Waals surface area (Å²) in [5.74, 6) is 0.0876. The van der Waals surface area contributed by atoms with Crippen LogP contribution in [0.3, 0.4) is 0 Å². The van der Waals surface area contributed by atoms with Gasteiger partial charge in [-0.1, -0.05) is 40.9 Å². The molecule has 3 nitrogen and oxygen atoms in total. The van der Waals surface area contributed by atoms with Crippen LogP contribution in [0.15, 0.2) is 39.8 Å². The summed E-state index contributed by atoms with van der Waals surface area (Å²) in [4.78, 5) is 7.45. The van der Waals surface area contributed by atoms with Crippen LogP contribution >= 0.6 is 50.7 Å². The number of halogens is 4. The van der Waals surface area contributed by atoms with Crippen molar-refractivity contribution in [1.82, 2.24) is 4.98 Å². The Balaban J connectivity index is 1.76. The number of fused-ring (bicyclic) bond motifs is 1. The molecule has 2 aromatic carbocycles. The number of rotatable bonds is 4. The van der Waals surface area contributed by atoms with E-state index in [1.807, 2.05) is 18.2 Å². The number of benzene rings is 2. The van der Waals surface area contributed by atoms with Crippen molar-refractivity contribution in [3.05, 3.63) is 61.1 Å². The third kappa shape index (κ3) is 3.57. The molecule has 0 aliphatic heterocycles. The number of H-pyrrole nitrogens is 1. The van der Waals surface area contributed by atoms with Crippen LogP contribution < -0.4 is 0 Å². The Hall–Kier alpha value is -1.20. The molecular formula is C17H12BrCl3N2O. The standard InChI is InChI=1S/C17H12BrCl3N2O/c18-11-3-4-13-15(16(11)21)17(24)14(23-13)8-22-6-5-9-1-2-10(19)7-12(9)20/h1-4,7-8,23-24H,5-6H2. The molecule has 0 radical (unpaired) electrons. The largest absolute Gasteiger partial charge is 0.505 e. The molecule has 3 rings (SSSR count). The predicted molar refractivity (Wildman–Crippen MR) is 105 cm³/mol. The number of aromatic amines is 1. The fourth-order valence-electron chi connectivity index (χ4n) is 2.38. The molecule has 0 bridgehead atoms. The first-order valence-corrected chi connectivity index (χ1v) is 9.02. The molecule has 3 aromatic rings. The molecule has 0 saturated carbocycles. The van der Waals surface area contributed by atoms with Crippen molar-refractivity contribution < 1.29 is 5.11 Å². The molecule has 0 unspecified atom stereocenters. The molecule has 0 spiro atoms.